The molecule has 1 aliphatic carbocycles. The first-order chi connectivity index (χ1) is 18.1. The lowest BCUT2D eigenvalue weighted by molar-refractivity contribution is -0.138. The molecule has 0 bridgehead atoms. The fourth-order valence-corrected chi connectivity index (χ4v) is 5.09. The number of rotatable bonds is 10. The predicted octanol–water partition coefficient (Wildman–Crippen LogP) is 8.07. The van der Waals surface area contributed by atoms with Gasteiger partial charge in [0.25, 0.3) is 0 Å². The van der Waals surface area contributed by atoms with Crippen molar-refractivity contribution in [1.29, 1.82) is 0 Å². The molecule has 0 aliphatic heterocycles. The highest BCUT2D eigenvalue weighted by Gasteiger charge is 2.44. The smallest absolute Gasteiger partial charge is 0.323 e. The number of hydrogen-bond donors (Lipinski definition) is 3. The Kier molecular flexibility index (Phi) is 8.77. The zero-order valence-electron chi connectivity index (χ0n) is 22.4. The highest BCUT2D eigenvalue weighted by Crippen LogP contribution is 2.49. The molecule has 3 N–H and O–H groups in total. The van der Waals surface area contributed by atoms with Gasteiger partial charge in [0.05, 0.1) is 17.3 Å². The number of carbonyl (C=O) groups is 2. The van der Waals surface area contributed by atoms with Crippen molar-refractivity contribution in [3.8, 4) is 11.1 Å². The van der Waals surface area contributed by atoms with Crippen molar-refractivity contribution < 1.29 is 14.7 Å². The third-order valence-electron chi connectivity index (χ3n) is 6.64. The SMILES string of the molecule is CC(C)CN(CC(C)C)c1ccc([C@H]2C[C@H]2C(=O)O)cc1NC(=O)Nc1ccc(-c2ccc(Br)cc2)cc1. The van der Waals surface area contributed by atoms with Crippen molar-refractivity contribution in [1.82, 2.24) is 0 Å². The van der Waals surface area contributed by atoms with E-state index < -0.39 is 5.97 Å². The second-order valence-electron chi connectivity index (χ2n) is 10.9. The van der Waals surface area contributed by atoms with Crippen molar-refractivity contribution in [3.63, 3.8) is 0 Å². The maximum Gasteiger partial charge on any atom is 0.323 e. The number of carbonyl (C=O) groups excluding carboxylic acids is 1. The van der Waals surface area contributed by atoms with Gasteiger partial charge >= 0.3 is 12.0 Å². The van der Waals surface area contributed by atoms with Crippen molar-refractivity contribution in [3.05, 3.63) is 76.8 Å². The van der Waals surface area contributed by atoms with Crippen LogP contribution < -0.4 is 15.5 Å². The first kappa shape index (κ1) is 27.7. The number of nitrogens with one attached hydrogen (secondary N) is 2. The van der Waals surface area contributed by atoms with E-state index in [2.05, 4.69) is 59.2 Å². The van der Waals surface area contributed by atoms with Crippen LogP contribution in [-0.4, -0.2) is 30.2 Å². The molecular weight excluding hydrogens is 542 g/mol. The summed E-state index contributed by atoms with van der Waals surface area (Å²) in [6, 6.07) is 21.5. The van der Waals surface area contributed by atoms with Gasteiger partial charge in [-0.15, -0.1) is 0 Å². The maximum absolute atomic E-state index is 13.1. The van der Waals surface area contributed by atoms with E-state index in [0.29, 0.717) is 29.6 Å². The minimum absolute atomic E-state index is 0.0139. The fraction of sp³-hybridized carbons (Fsp3) is 0.355. The first-order valence-electron chi connectivity index (χ1n) is 13.2. The van der Waals surface area contributed by atoms with Crippen LogP contribution in [0.3, 0.4) is 0 Å². The number of nitrogens with zero attached hydrogens (tertiary/aromatic N) is 1. The van der Waals surface area contributed by atoms with Crippen LogP contribution in [0.4, 0.5) is 21.9 Å². The van der Waals surface area contributed by atoms with E-state index in [0.717, 1.165) is 39.9 Å². The van der Waals surface area contributed by atoms with E-state index in [4.69, 9.17) is 0 Å². The quantitative estimate of drug-likeness (QED) is 0.227. The van der Waals surface area contributed by atoms with Gasteiger partial charge in [-0.1, -0.05) is 74.0 Å². The van der Waals surface area contributed by atoms with Crippen LogP contribution >= 0.6 is 15.9 Å². The van der Waals surface area contributed by atoms with Gasteiger partial charge in [-0.3, -0.25) is 4.79 Å². The van der Waals surface area contributed by atoms with E-state index >= 15 is 0 Å². The number of urea groups is 1. The number of hydrogen-bond acceptors (Lipinski definition) is 3. The normalized spacial score (nSPS) is 16.4. The Morgan fingerprint density at radius 2 is 1.47 bits per heavy atom. The number of anilines is 3. The number of carboxylic acids is 1. The zero-order chi connectivity index (χ0) is 27.4. The lowest BCUT2D eigenvalue weighted by Gasteiger charge is -2.30. The molecule has 7 heteroatoms. The average Bonchev–Trinajstić information content (AvgIpc) is 3.66. The Hall–Kier alpha value is -3.32. The Bertz CT molecular complexity index is 1260. The molecule has 6 nitrogen and oxygen atoms in total. The Morgan fingerprint density at radius 3 is 2.00 bits per heavy atom. The molecule has 0 unspecified atom stereocenters. The summed E-state index contributed by atoms with van der Waals surface area (Å²) in [7, 11) is 0. The Morgan fingerprint density at radius 1 is 0.895 bits per heavy atom. The van der Waals surface area contributed by atoms with Gasteiger partial charge in [-0.25, -0.2) is 4.79 Å². The van der Waals surface area contributed by atoms with Gasteiger partial charge < -0.3 is 20.6 Å². The van der Waals surface area contributed by atoms with E-state index in [1.54, 1.807) is 0 Å². The van der Waals surface area contributed by atoms with Crippen LogP contribution in [0.1, 0.15) is 45.6 Å². The summed E-state index contributed by atoms with van der Waals surface area (Å²) in [5.41, 5.74) is 5.45. The lowest BCUT2D eigenvalue weighted by atomic mass is 10.0. The molecule has 1 fully saturated rings. The molecule has 3 aromatic rings. The van der Waals surface area contributed by atoms with Crippen molar-refractivity contribution in [2.45, 2.75) is 40.0 Å². The van der Waals surface area contributed by atoms with Gasteiger partial charge in [-0.2, -0.15) is 0 Å². The van der Waals surface area contributed by atoms with Gasteiger partial charge in [0.2, 0.25) is 0 Å². The molecule has 2 amide bonds. The van der Waals surface area contributed by atoms with Gasteiger partial charge in [0.1, 0.15) is 0 Å². The lowest BCUT2D eigenvalue weighted by Crippen LogP contribution is -2.32. The summed E-state index contributed by atoms with van der Waals surface area (Å²) < 4.78 is 1.03. The molecule has 4 rings (SSSR count). The van der Waals surface area contributed by atoms with Crippen molar-refractivity contribution in [2.75, 3.05) is 28.6 Å². The zero-order valence-corrected chi connectivity index (χ0v) is 24.0. The van der Waals surface area contributed by atoms with E-state index in [-0.39, 0.29) is 17.9 Å². The van der Waals surface area contributed by atoms with Crippen molar-refractivity contribution in [2.24, 2.45) is 17.8 Å². The van der Waals surface area contributed by atoms with E-state index in [9.17, 15) is 14.7 Å². The van der Waals surface area contributed by atoms with Crippen LogP contribution in [0, 0.1) is 17.8 Å². The summed E-state index contributed by atoms with van der Waals surface area (Å²) in [4.78, 5) is 26.9. The second kappa shape index (κ2) is 12.0. The topological polar surface area (TPSA) is 81.7 Å². The van der Waals surface area contributed by atoms with Crippen LogP contribution in [-0.2, 0) is 4.79 Å². The number of halogens is 1. The van der Waals surface area contributed by atoms with Gasteiger partial charge in [0, 0.05) is 23.2 Å². The predicted molar refractivity (Wildman–Crippen MR) is 159 cm³/mol. The highest BCUT2D eigenvalue weighted by molar-refractivity contribution is 9.10. The molecule has 0 saturated heterocycles. The number of amides is 2. The molecule has 2 atom stereocenters. The minimum Gasteiger partial charge on any atom is -0.481 e. The largest absolute Gasteiger partial charge is 0.481 e. The molecule has 0 aromatic heterocycles. The molecule has 1 aliphatic rings. The van der Waals surface area contributed by atoms with E-state index in [1.165, 1.54) is 0 Å². The van der Waals surface area contributed by atoms with E-state index in [1.807, 2.05) is 66.7 Å². The second-order valence-corrected chi connectivity index (χ2v) is 11.8. The summed E-state index contributed by atoms with van der Waals surface area (Å²) >= 11 is 3.46. The average molecular weight is 579 g/mol. The Labute approximate surface area is 233 Å². The summed E-state index contributed by atoms with van der Waals surface area (Å²) in [6.07, 6.45) is 0.632. The van der Waals surface area contributed by atoms with Crippen LogP contribution in [0.2, 0.25) is 0 Å². The molecule has 200 valence electrons. The monoisotopic (exact) mass is 577 g/mol. The minimum atomic E-state index is -0.765. The van der Waals surface area contributed by atoms with Crippen LogP contribution in [0.5, 0.6) is 0 Å². The van der Waals surface area contributed by atoms with Crippen LogP contribution in [0.15, 0.2) is 71.2 Å². The summed E-state index contributed by atoms with van der Waals surface area (Å²) in [5.74, 6) is -0.244. The molecule has 38 heavy (non-hydrogen) atoms. The Balaban J connectivity index is 1.54. The van der Waals surface area contributed by atoms with Gasteiger partial charge in [0.15, 0.2) is 0 Å². The molecule has 1 saturated carbocycles. The number of benzene rings is 3. The first-order valence-corrected chi connectivity index (χ1v) is 14.0. The standard InChI is InChI=1S/C31H36BrN3O3/c1-19(2)17-35(18-20(3)4)29-14-9-23(26-16-27(26)30(36)37)15-28(29)34-31(38)33-25-12-7-22(8-13-25)21-5-10-24(32)11-6-21/h5-15,19-20,26-27H,16-18H2,1-4H3,(H,36,37)(H2,33,34,38)/t26-,27-/m1/s1. The van der Waals surface area contributed by atoms with Crippen LogP contribution in [0.25, 0.3) is 11.1 Å². The third kappa shape index (κ3) is 7.16. The molecule has 0 heterocycles. The molecule has 0 radical (unpaired) electrons. The summed E-state index contributed by atoms with van der Waals surface area (Å²) in [6.45, 7) is 10.4. The molecule has 3 aromatic carbocycles. The summed E-state index contributed by atoms with van der Waals surface area (Å²) in [5, 5.41) is 15.4. The number of aliphatic carboxylic acids is 1. The van der Waals surface area contributed by atoms with Crippen molar-refractivity contribution >= 4 is 45.0 Å². The highest BCUT2D eigenvalue weighted by atomic mass is 79.9. The fourth-order valence-electron chi connectivity index (χ4n) is 4.82. The number of carboxylic acid groups (broad SMARTS) is 1. The molecular formula is C31H36BrN3O3. The maximum atomic E-state index is 13.1. The molecule has 0 spiro atoms. The van der Waals surface area contributed by atoms with Gasteiger partial charge in [-0.05, 0) is 77.3 Å². The third-order valence-corrected chi connectivity index (χ3v) is 7.17.